The molecule has 1 amide bonds. The van der Waals surface area contributed by atoms with Crippen molar-refractivity contribution in [2.75, 3.05) is 20.4 Å². The number of carbonyl (C=O) groups excluding carboxylic acids is 2. The number of rotatable bonds is 10. The van der Waals surface area contributed by atoms with Gasteiger partial charge in [0.1, 0.15) is 17.2 Å². The topological polar surface area (TPSA) is 161 Å². The number of hydrogen-bond acceptors (Lipinski definition) is 8. The average Bonchev–Trinajstić information content (AvgIpc) is 2.70. The first kappa shape index (κ1) is 25.5. The summed E-state index contributed by atoms with van der Waals surface area (Å²) in [7, 11) is -3.17. The first-order valence-corrected chi connectivity index (χ1v) is 11.4. The molecule has 4 N–H and O–H groups in total. The molecule has 0 atom stereocenters. The fourth-order valence-electron chi connectivity index (χ4n) is 2.49. The maximum absolute atomic E-state index is 11.8. The Hall–Kier alpha value is -2.79. The van der Waals surface area contributed by atoms with Crippen LogP contribution < -0.4 is 14.6 Å². The van der Waals surface area contributed by atoms with E-state index in [-0.39, 0.29) is 24.5 Å². The quantitative estimate of drug-likeness (QED) is 0.203. The van der Waals surface area contributed by atoms with Crippen LogP contribution in [-0.4, -0.2) is 47.4 Å². The molecule has 11 nitrogen and oxygen atoms in total. The molecule has 0 bridgehead atoms. The van der Waals surface area contributed by atoms with E-state index in [4.69, 9.17) is 24.0 Å². The van der Waals surface area contributed by atoms with Crippen LogP contribution in [0.3, 0.4) is 0 Å². The predicted molar refractivity (Wildman–Crippen MR) is 114 cm³/mol. The van der Waals surface area contributed by atoms with Crippen LogP contribution in [0.1, 0.15) is 11.1 Å². The highest BCUT2D eigenvalue weighted by molar-refractivity contribution is 9.10. The number of carbonyl (C=O) groups is 2. The Bertz CT molecular complexity index is 992. The van der Waals surface area contributed by atoms with Crippen molar-refractivity contribution < 1.29 is 47.8 Å². The van der Waals surface area contributed by atoms with E-state index in [0.717, 1.165) is 0 Å². The third kappa shape index (κ3) is 8.75. The largest absolute Gasteiger partial charge is 0.524 e. The summed E-state index contributed by atoms with van der Waals surface area (Å²) in [5.74, 6) is -0.137. The number of aromatic hydroxyl groups is 1. The molecule has 2 rings (SSSR count). The fraction of sp³-hybridized carbons (Fsp3) is 0.263. The maximum Gasteiger partial charge on any atom is 0.524 e. The van der Waals surface area contributed by atoms with Gasteiger partial charge in [-0.25, -0.2) is 9.36 Å². The number of hydrogen-bond donors (Lipinski definition) is 4. The van der Waals surface area contributed by atoms with Gasteiger partial charge in [-0.2, -0.15) is 0 Å². The second kappa shape index (κ2) is 11.7. The zero-order valence-corrected chi connectivity index (χ0v) is 19.3. The van der Waals surface area contributed by atoms with Crippen molar-refractivity contribution in [3.63, 3.8) is 0 Å². The van der Waals surface area contributed by atoms with Crippen LogP contribution in [0.5, 0.6) is 17.2 Å². The molecule has 13 heteroatoms. The SMILES string of the molecule is COc1cc(Br)c(O)cc1CCNC(=O)OCOC(=O)Cc1ccc(OP(=O)(O)O)cc1. The van der Waals surface area contributed by atoms with Crippen molar-refractivity contribution in [3.8, 4) is 17.2 Å². The van der Waals surface area contributed by atoms with Gasteiger partial charge in [-0.1, -0.05) is 12.1 Å². The molecule has 32 heavy (non-hydrogen) atoms. The highest BCUT2D eigenvalue weighted by atomic mass is 79.9. The zero-order valence-electron chi connectivity index (χ0n) is 16.8. The van der Waals surface area contributed by atoms with Gasteiger partial charge in [0.25, 0.3) is 0 Å². The van der Waals surface area contributed by atoms with E-state index in [1.165, 1.54) is 37.4 Å². The molecule has 2 aromatic carbocycles. The van der Waals surface area contributed by atoms with E-state index < -0.39 is 26.7 Å². The normalized spacial score (nSPS) is 10.9. The van der Waals surface area contributed by atoms with Gasteiger partial charge >= 0.3 is 19.9 Å². The van der Waals surface area contributed by atoms with Crippen molar-refractivity contribution in [3.05, 3.63) is 52.0 Å². The summed E-state index contributed by atoms with van der Waals surface area (Å²) in [6.45, 7) is -0.403. The van der Waals surface area contributed by atoms with E-state index in [0.29, 0.717) is 27.8 Å². The van der Waals surface area contributed by atoms with E-state index >= 15 is 0 Å². The molecule has 2 aromatic rings. The molecule has 0 fully saturated rings. The molecule has 0 heterocycles. The number of halogens is 1. The van der Waals surface area contributed by atoms with Crippen molar-refractivity contribution >= 4 is 35.8 Å². The van der Waals surface area contributed by atoms with Crippen LogP contribution in [0.2, 0.25) is 0 Å². The van der Waals surface area contributed by atoms with Gasteiger partial charge in [0.15, 0.2) is 0 Å². The van der Waals surface area contributed by atoms with Crippen LogP contribution in [0.4, 0.5) is 4.79 Å². The minimum absolute atomic E-state index is 0.0410. The smallest absolute Gasteiger partial charge is 0.507 e. The number of ether oxygens (including phenoxy) is 3. The Balaban J connectivity index is 1.69. The van der Waals surface area contributed by atoms with Crippen LogP contribution in [0.15, 0.2) is 40.9 Å². The fourth-order valence-corrected chi connectivity index (χ4v) is 3.21. The van der Waals surface area contributed by atoms with Crippen molar-refractivity contribution in [1.82, 2.24) is 5.32 Å². The Morgan fingerprint density at radius 2 is 1.81 bits per heavy atom. The number of amides is 1. The second-order valence-electron chi connectivity index (χ2n) is 6.26. The molecule has 0 saturated heterocycles. The van der Waals surface area contributed by atoms with Crippen LogP contribution >= 0.6 is 23.8 Å². The third-order valence-corrected chi connectivity index (χ3v) is 5.00. The highest BCUT2D eigenvalue weighted by Crippen LogP contribution is 2.37. The van der Waals surface area contributed by atoms with Gasteiger partial charge in [-0.3, -0.25) is 14.6 Å². The molecule has 0 aliphatic carbocycles. The van der Waals surface area contributed by atoms with Crippen LogP contribution in [0, 0.1) is 0 Å². The lowest BCUT2D eigenvalue weighted by molar-refractivity contribution is -0.151. The summed E-state index contributed by atoms with van der Waals surface area (Å²) in [5.41, 5.74) is 1.18. The first-order chi connectivity index (χ1) is 15.1. The molecule has 174 valence electrons. The van der Waals surface area contributed by atoms with Gasteiger partial charge in [0, 0.05) is 6.54 Å². The molecule has 0 radical (unpaired) electrons. The monoisotopic (exact) mass is 533 g/mol. The summed E-state index contributed by atoms with van der Waals surface area (Å²) in [6, 6.07) is 8.60. The summed E-state index contributed by atoms with van der Waals surface area (Å²) in [6.07, 6.45) is -0.577. The van der Waals surface area contributed by atoms with Crippen molar-refractivity contribution in [1.29, 1.82) is 0 Å². The number of phosphoric ester groups is 1. The maximum atomic E-state index is 11.8. The number of benzene rings is 2. The van der Waals surface area contributed by atoms with Gasteiger partial charge in [-0.15, -0.1) is 0 Å². The molecular weight excluding hydrogens is 513 g/mol. The van der Waals surface area contributed by atoms with Crippen molar-refractivity contribution in [2.45, 2.75) is 12.8 Å². The number of phosphoric acid groups is 1. The number of phenolic OH excluding ortho intramolecular Hbond substituents is 1. The molecule has 0 aromatic heterocycles. The summed E-state index contributed by atoms with van der Waals surface area (Å²) >= 11 is 3.19. The van der Waals surface area contributed by atoms with Crippen molar-refractivity contribution in [2.24, 2.45) is 0 Å². The Kier molecular flexibility index (Phi) is 9.33. The Labute approximate surface area is 191 Å². The first-order valence-electron chi connectivity index (χ1n) is 9.03. The Morgan fingerprint density at radius 1 is 1.12 bits per heavy atom. The number of esters is 1. The summed E-state index contributed by atoms with van der Waals surface area (Å²) < 4.78 is 30.5. The minimum Gasteiger partial charge on any atom is -0.507 e. The third-order valence-electron chi connectivity index (χ3n) is 3.92. The number of nitrogens with one attached hydrogen (secondary N) is 1. The molecule has 0 aliphatic heterocycles. The molecule has 0 unspecified atom stereocenters. The van der Waals surface area contributed by atoms with Gasteiger partial charge in [0.05, 0.1) is 18.0 Å². The number of methoxy groups -OCH3 is 1. The predicted octanol–water partition coefficient (Wildman–Crippen LogP) is 2.65. The summed E-state index contributed by atoms with van der Waals surface area (Å²) in [4.78, 5) is 41.0. The molecule has 0 saturated carbocycles. The standard InChI is InChI=1S/C19H21BrNO10P/c1-28-17-10-15(20)16(22)9-13(17)6-7-21-19(24)30-11-29-18(23)8-12-2-4-14(5-3-12)31-32(25,26)27/h2-5,9-10,22H,6-8,11H2,1H3,(H,21,24)(H2,25,26,27). The van der Waals surface area contributed by atoms with E-state index in [1.54, 1.807) is 6.07 Å². The molecule has 0 spiro atoms. The van der Waals surface area contributed by atoms with Gasteiger partial charge in [0.2, 0.25) is 6.79 Å². The van der Waals surface area contributed by atoms with Crippen LogP contribution in [-0.2, 0) is 31.7 Å². The summed E-state index contributed by atoms with van der Waals surface area (Å²) in [5, 5.41) is 12.2. The Morgan fingerprint density at radius 3 is 2.44 bits per heavy atom. The molecular formula is C19H21BrNO10P. The number of alkyl carbamates (subject to hydrolysis) is 1. The zero-order chi connectivity index (χ0) is 23.7. The van der Waals surface area contributed by atoms with E-state index in [1.807, 2.05) is 0 Å². The average molecular weight is 534 g/mol. The van der Waals surface area contributed by atoms with E-state index in [9.17, 15) is 19.3 Å². The number of phenols is 1. The second-order valence-corrected chi connectivity index (χ2v) is 8.28. The highest BCUT2D eigenvalue weighted by Gasteiger charge is 2.16. The lowest BCUT2D eigenvalue weighted by Gasteiger charge is -2.11. The molecule has 0 aliphatic rings. The lowest BCUT2D eigenvalue weighted by atomic mass is 10.1. The van der Waals surface area contributed by atoms with Crippen LogP contribution in [0.25, 0.3) is 0 Å². The van der Waals surface area contributed by atoms with E-state index in [2.05, 4.69) is 25.8 Å². The van der Waals surface area contributed by atoms with Gasteiger partial charge < -0.3 is 29.2 Å². The lowest BCUT2D eigenvalue weighted by Crippen LogP contribution is -2.28. The minimum atomic E-state index is -4.65. The van der Waals surface area contributed by atoms with Gasteiger partial charge in [-0.05, 0) is 57.7 Å².